The summed E-state index contributed by atoms with van der Waals surface area (Å²) in [5.41, 5.74) is 6.55. The van der Waals surface area contributed by atoms with E-state index in [0.29, 0.717) is 6.04 Å². The molecule has 0 bridgehead atoms. The average molecular weight is 303 g/mol. The van der Waals surface area contributed by atoms with Crippen molar-refractivity contribution in [3.05, 3.63) is 29.1 Å². The standard InChI is InChI=1S/C16H21N3OS/c1-3-13-10-19(7-6-18(13)2)16(20)15-9-11-8-12(17)4-5-14(11)21-15/h4-5,8-9,13H,3,6-7,10,17H2,1-2H3. The summed E-state index contributed by atoms with van der Waals surface area (Å²) >= 11 is 1.56. The lowest BCUT2D eigenvalue weighted by molar-refractivity contribution is 0.0546. The van der Waals surface area contributed by atoms with Crippen molar-refractivity contribution < 1.29 is 4.79 Å². The second-order valence-corrected chi connectivity index (χ2v) is 6.79. The Morgan fingerprint density at radius 2 is 2.19 bits per heavy atom. The van der Waals surface area contributed by atoms with E-state index in [4.69, 9.17) is 5.73 Å². The first-order chi connectivity index (χ1) is 10.1. The summed E-state index contributed by atoms with van der Waals surface area (Å²) in [6.07, 6.45) is 1.07. The van der Waals surface area contributed by atoms with Crippen molar-refractivity contribution in [2.24, 2.45) is 0 Å². The number of thiophene rings is 1. The molecule has 2 heterocycles. The number of amides is 1. The second kappa shape index (κ2) is 5.66. The fourth-order valence-corrected chi connectivity index (χ4v) is 3.91. The number of hydrogen-bond donors (Lipinski definition) is 1. The molecule has 1 aliphatic heterocycles. The van der Waals surface area contributed by atoms with Crippen LogP contribution in [0.1, 0.15) is 23.0 Å². The van der Waals surface area contributed by atoms with Gasteiger partial charge in [-0.05, 0) is 43.1 Å². The fourth-order valence-electron chi connectivity index (χ4n) is 2.89. The summed E-state index contributed by atoms with van der Waals surface area (Å²) in [7, 11) is 2.14. The molecule has 1 amide bonds. The van der Waals surface area contributed by atoms with Crippen molar-refractivity contribution >= 4 is 33.0 Å². The Kier molecular flexibility index (Phi) is 3.87. The molecule has 1 aromatic heterocycles. The molecule has 5 heteroatoms. The van der Waals surface area contributed by atoms with E-state index in [0.717, 1.165) is 46.7 Å². The smallest absolute Gasteiger partial charge is 0.264 e. The highest BCUT2D eigenvalue weighted by Gasteiger charge is 2.27. The van der Waals surface area contributed by atoms with Crippen LogP contribution in [0, 0.1) is 0 Å². The van der Waals surface area contributed by atoms with E-state index < -0.39 is 0 Å². The molecule has 1 fully saturated rings. The van der Waals surface area contributed by atoms with Crippen LogP contribution in [0.2, 0.25) is 0 Å². The monoisotopic (exact) mass is 303 g/mol. The second-order valence-electron chi connectivity index (χ2n) is 5.70. The van der Waals surface area contributed by atoms with Gasteiger partial charge in [-0.25, -0.2) is 0 Å². The molecule has 21 heavy (non-hydrogen) atoms. The fraction of sp³-hybridized carbons (Fsp3) is 0.438. The van der Waals surface area contributed by atoms with Gasteiger partial charge in [0.05, 0.1) is 4.88 Å². The number of hydrogen-bond acceptors (Lipinski definition) is 4. The quantitative estimate of drug-likeness (QED) is 0.868. The number of anilines is 1. The van der Waals surface area contributed by atoms with Crippen LogP contribution < -0.4 is 5.73 Å². The summed E-state index contributed by atoms with van der Waals surface area (Å²) in [6.45, 7) is 4.75. The van der Waals surface area contributed by atoms with Gasteiger partial charge in [-0.2, -0.15) is 0 Å². The van der Waals surface area contributed by atoms with Gasteiger partial charge in [0.2, 0.25) is 0 Å². The topological polar surface area (TPSA) is 49.6 Å². The SMILES string of the molecule is CCC1CN(C(=O)c2cc3cc(N)ccc3s2)CCN1C. The zero-order chi connectivity index (χ0) is 15.0. The Labute approximate surface area is 129 Å². The van der Waals surface area contributed by atoms with Crippen LogP contribution in [0.5, 0.6) is 0 Å². The first kappa shape index (κ1) is 14.4. The lowest BCUT2D eigenvalue weighted by atomic mass is 10.1. The average Bonchev–Trinajstić information content (AvgIpc) is 2.90. The third kappa shape index (κ3) is 2.76. The van der Waals surface area contributed by atoms with E-state index >= 15 is 0 Å². The minimum atomic E-state index is 0.154. The zero-order valence-corrected chi connectivity index (χ0v) is 13.3. The van der Waals surface area contributed by atoms with E-state index in [1.165, 1.54) is 0 Å². The van der Waals surface area contributed by atoms with Gasteiger partial charge >= 0.3 is 0 Å². The third-order valence-electron chi connectivity index (χ3n) is 4.29. The van der Waals surface area contributed by atoms with Crippen molar-refractivity contribution in [2.45, 2.75) is 19.4 Å². The first-order valence-corrected chi connectivity index (χ1v) is 8.18. The third-order valence-corrected chi connectivity index (χ3v) is 5.39. The molecule has 1 aromatic carbocycles. The normalized spacial score (nSPS) is 20.1. The molecule has 0 radical (unpaired) electrons. The van der Waals surface area contributed by atoms with E-state index in [2.05, 4.69) is 18.9 Å². The molecule has 4 nitrogen and oxygen atoms in total. The molecular weight excluding hydrogens is 282 g/mol. The van der Waals surface area contributed by atoms with Crippen LogP contribution >= 0.6 is 11.3 Å². The summed E-state index contributed by atoms with van der Waals surface area (Å²) < 4.78 is 1.12. The highest BCUT2D eigenvalue weighted by Crippen LogP contribution is 2.28. The zero-order valence-electron chi connectivity index (χ0n) is 12.5. The number of benzene rings is 1. The van der Waals surface area contributed by atoms with Crippen LogP contribution in [-0.2, 0) is 0 Å². The van der Waals surface area contributed by atoms with Crippen molar-refractivity contribution in [1.29, 1.82) is 0 Å². The Bertz CT molecular complexity index is 667. The van der Waals surface area contributed by atoms with Crippen LogP contribution in [0.3, 0.4) is 0 Å². The van der Waals surface area contributed by atoms with Gasteiger partial charge in [0.1, 0.15) is 0 Å². The molecule has 1 aliphatic rings. The van der Waals surface area contributed by atoms with Gasteiger partial charge in [0.15, 0.2) is 0 Å². The molecule has 0 aliphatic carbocycles. The Morgan fingerprint density at radius 1 is 1.38 bits per heavy atom. The molecule has 2 aromatic rings. The molecular formula is C16H21N3OS. The van der Waals surface area contributed by atoms with E-state index in [1.807, 2.05) is 29.2 Å². The number of carbonyl (C=O) groups excluding carboxylic acids is 1. The van der Waals surface area contributed by atoms with E-state index in [9.17, 15) is 4.79 Å². The number of fused-ring (bicyclic) bond motifs is 1. The number of nitrogens with two attached hydrogens (primary N) is 1. The van der Waals surface area contributed by atoms with Crippen molar-refractivity contribution in [1.82, 2.24) is 9.80 Å². The lowest BCUT2D eigenvalue weighted by Gasteiger charge is -2.38. The summed E-state index contributed by atoms with van der Waals surface area (Å²) in [6, 6.07) is 8.24. The molecule has 112 valence electrons. The Balaban J connectivity index is 1.83. The van der Waals surface area contributed by atoms with Crippen molar-refractivity contribution in [3.63, 3.8) is 0 Å². The number of nitrogen functional groups attached to an aromatic ring is 1. The molecule has 1 saturated heterocycles. The molecule has 3 rings (SSSR count). The van der Waals surface area contributed by atoms with E-state index in [-0.39, 0.29) is 5.91 Å². The minimum Gasteiger partial charge on any atom is -0.399 e. The van der Waals surface area contributed by atoms with Gasteiger partial charge in [0, 0.05) is 36.1 Å². The van der Waals surface area contributed by atoms with Crippen LogP contribution in [0.4, 0.5) is 5.69 Å². The highest BCUT2D eigenvalue weighted by atomic mass is 32.1. The van der Waals surface area contributed by atoms with Crippen LogP contribution in [0.25, 0.3) is 10.1 Å². The van der Waals surface area contributed by atoms with Crippen molar-refractivity contribution in [2.75, 3.05) is 32.4 Å². The van der Waals surface area contributed by atoms with Gasteiger partial charge in [-0.3, -0.25) is 9.69 Å². The van der Waals surface area contributed by atoms with Crippen LogP contribution in [0.15, 0.2) is 24.3 Å². The number of carbonyl (C=O) groups is 1. The minimum absolute atomic E-state index is 0.154. The van der Waals surface area contributed by atoms with E-state index in [1.54, 1.807) is 11.3 Å². The number of rotatable bonds is 2. The predicted octanol–water partition coefficient (Wildman–Crippen LogP) is 2.65. The molecule has 1 unspecified atom stereocenters. The van der Waals surface area contributed by atoms with Gasteiger partial charge in [0.25, 0.3) is 5.91 Å². The van der Waals surface area contributed by atoms with Gasteiger partial charge in [-0.1, -0.05) is 6.92 Å². The highest BCUT2D eigenvalue weighted by molar-refractivity contribution is 7.20. The Hall–Kier alpha value is -1.59. The molecule has 1 atom stereocenters. The number of likely N-dealkylation sites (N-methyl/N-ethyl adjacent to an activating group) is 1. The number of piperazine rings is 1. The molecule has 0 saturated carbocycles. The molecule has 2 N–H and O–H groups in total. The largest absolute Gasteiger partial charge is 0.399 e. The summed E-state index contributed by atoms with van der Waals surface area (Å²) in [5.74, 6) is 0.154. The van der Waals surface area contributed by atoms with Gasteiger partial charge in [-0.15, -0.1) is 11.3 Å². The maximum Gasteiger partial charge on any atom is 0.264 e. The first-order valence-electron chi connectivity index (χ1n) is 7.37. The summed E-state index contributed by atoms with van der Waals surface area (Å²) in [4.78, 5) is 17.9. The van der Waals surface area contributed by atoms with Crippen LogP contribution in [-0.4, -0.2) is 48.4 Å². The Morgan fingerprint density at radius 3 is 2.95 bits per heavy atom. The predicted molar refractivity (Wildman–Crippen MR) is 88.8 cm³/mol. The number of nitrogens with zero attached hydrogens (tertiary/aromatic N) is 2. The molecule has 0 spiro atoms. The summed E-state index contributed by atoms with van der Waals surface area (Å²) in [5, 5.41) is 1.06. The maximum absolute atomic E-state index is 12.7. The maximum atomic E-state index is 12.7. The van der Waals surface area contributed by atoms with Gasteiger partial charge < -0.3 is 10.6 Å². The van der Waals surface area contributed by atoms with Crippen molar-refractivity contribution in [3.8, 4) is 0 Å². The lowest BCUT2D eigenvalue weighted by Crippen LogP contribution is -2.52.